The number of hydrogen-bond donors (Lipinski definition) is 4. The fraction of sp³-hybridized carbons (Fsp3) is 0.585. The van der Waals surface area contributed by atoms with Gasteiger partial charge in [-0.25, -0.2) is 4.98 Å². The zero-order valence-corrected chi connectivity index (χ0v) is 34.0. The van der Waals surface area contributed by atoms with Crippen LogP contribution in [-0.2, 0) is 24.0 Å². The Morgan fingerprint density at radius 3 is 2.42 bits per heavy atom. The molecule has 308 valence electrons. The smallest absolute Gasteiger partial charge is 0.296 e. The highest BCUT2D eigenvalue weighted by atomic mass is 35.5. The molecule has 1 aliphatic heterocycles. The third-order valence-corrected chi connectivity index (χ3v) is 11.1. The second-order valence-electron chi connectivity index (χ2n) is 16.4. The zero-order valence-electron chi connectivity index (χ0n) is 33.3. The largest absolute Gasteiger partial charge is 0.497 e. The van der Waals surface area contributed by atoms with Crippen LogP contribution < -0.4 is 30.7 Å². The number of carbonyl (C=O) groups is 5. The van der Waals surface area contributed by atoms with Crippen LogP contribution in [0.2, 0.25) is 5.02 Å². The number of rotatable bonds is 16. The van der Waals surface area contributed by atoms with Gasteiger partial charge in [0.2, 0.25) is 29.4 Å². The van der Waals surface area contributed by atoms with Crippen LogP contribution >= 0.6 is 11.6 Å². The van der Waals surface area contributed by atoms with Gasteiger partial charge in [0.15, 0.2) is 5.58 Å². The Morgan fingerprint density at radius 2 is 1.77 bits per heavy atom. The molecular weight excluding hydrogens is 754 g/mol. The monoisotopic (exact) mass is 807 g/mol. The van der Waals surface area contributed by atoms with Crippen molar-refractivity contribution in [2.24, 2.45) is 11.3 Å². The minimum absolute atomic E-state index is 0.00506. The standard InChI is InChI=1S/C41H54ClN7O8/c1-6-10-28(34(50)38(53)44-25-14-15-25)45-36(51)30-20-27(56-32-18-13-24(42)21-43-32)22-49(30)39(54)35(41(2,3)4)48-37(52)33(23-11-8-7-9-12-23)47-40-46-29-19-26(55-5)16-17-31(29)57-40/h13,16-19,21,23,25,27-28,30,33,35H,6-12,14-15,20,22H2,1-5H3,(H,44,53)(H,45,51)(H,46,47)(H,48,52)/t27-,28+,30+,33+,35-/m1/s1. The van der Waals surface area contributed by atoms with E-state index in [-0.39, 0.29) is 43.2 Å². The Kier molecular flexibility index (Phi) is 13.3. The van der Waals surface area contributed by atoms with E-state index in [1.807, 2.05) is 27.7 Å². The van der Waals surface area contributed by atoms with Crippen LogP contribution in [0.25, 0.3) is 11.1 Å². The number of halogens is 1. The molecule has 0 spiro atoms. The fourth-order valence-electron chi connectivity index (χ4n) is 7.59. The number of ether oxygens (including phenoxy) is 2. The molecule has 1 aromatic carbocycles. The summed E-state index contributed by atoms with van der Waals surface area (Å²) in [4.78, 5) is 79.7. The van der Waals surface area contributed by atoms with E-state index in [1.165, 1.54) is 11.1 Å². The van der Waals surface area contributed by atoms with Gasteiger partial charge in [-0.3, -0.25) is 24.0 Å². The average molecular weight is 808 g/mol. The number of fused-ring (bicyclic) bond motifs is 1. The Balaban J connectivity index is 1.25. The molecule has 3 aliphatic rings. The highest BCUT2D eigenvalue weighted by Crippen LogP contribution is 2.32. The number of benzene rings is 1. The maximum absolute atomic E-state index is 14.9. The highest BCUT2D eigenvalue weighted by Gasteiger charge is 2.47. The van der Waals surface area contributed by atoms with Gasteiger partial charge >= 0.3 is 0 Å². The van der Waals surface area contributed by atoms with Crippen molar-refractivity contribution in [3.63, 3.8) is 0 Å². The summed E-state index contributed by atoms with van der Waals surface area (Å²) in [5, 5.41) is 12.2. The summed E-state index contributed by atoms with van der Waals surface area (Å²) in [5.41, 5.74) is 0.286. The highest BCUT2D eigenvalue weighted by molar-refractivity contribution is 6.38. The topological polar surface area (TPSA) is 194 Å². The SMILES string of the molecule is CCC[C@H](NC(=O)[C@@H]1C[C@@H](Oc2ccc(Cl)cn2)CN1C(=O)[C@@H](NC(=O)[C@@H](Nc1nc2cc(OC)ccc2o1)C1CCCCC1)C(C)(C)C)C(=O)C(=O)NC1CC1. The van der Waals surface area contributed by atoms with Crippen molar-refractivity contribution in [1.29, 1.82) is 0 Å². The minimum Gasteiger partial charge on any atom is -0.497 e. The third-order valence-electron chi connectivity index (χ3n) is 10.9. The summed E-state index contributed by atoms with van der Waals surface area (Å²) in [5.74, 6) is -2.14. The summed E-state index contributed by atoms with van der Waals surface area (Å²) < 4.78 is 17.5. The first-order valence-electron chi connectivity index (χ1n) is 20.0. The van der Waals surface area contributed by atoms with Crippen molar-refractivity contribution in [3.05, 3.63) is 41.6 Å². The molecule has 15 nitrogen and oxygen atoms in total. The van der Waals surface area contributed by atoms with Crippen LogP contribution in [0.4, 0.5) is 6.01 Å². The van der Waals surface area contributed by atoms with Gasteiger partial charge in [0.05, 0.1) is 24.7 Å². The molecule has 57 heavy (non-hydrogen) atoms. The second-order valence-corrected chi connectivity index (χ2v) is 16.9. The molecule has 5 atom stereocenters. The molecule has 16 heteroatoms. The molecule has 2 aromatic heterocycles. The third kappa shape index (κ3) is 10.5. The molecule has 0 radical (unpaired) electrons. The molecule has 3 aromatic rings. The van der Waals surface area contributed by atoms with Crippen LogP contribution in [0.1, 0.15) is 91.9 Å². The van der Waals surface area contributed by atoms with Gasteiger partial charge in [0.1, 0.15) is 35.5 Å². The summed E-state index contributed by atoms with van der Waals surface area (Å²) in [6, 6.07) is 4.63. The molecule has 6 rings (SSSR count). The molecule has 3 fully saturated rings. The van der Waals surface area contributed by atoms with E-state index in [1.54, 1.807) is 37.4 Å². The number of oxazole rings is 1. The number of nitrogens with zero attached hydrogens (tertiary/aromatic N) is 3. The van der Waals surface area contributed by atoms with E-state index in [0.29, 0.717) is 28.3 Å². The number of amides is 4. The van der Waals surface area contributed by atoms with Crippen molar-refractivity contribution in [3.8, 4) is 11.6 Å². The lowest BCUT2D eigenvalue weighted by atomic mass is 9.82. The van der Waals surface area contributed by atoms with Gasteiger partial charge in [-0.05, 0) is 61.6 Å². The summed E-state index contributed by atoms with van der Waals surface area (Å²) in [6.07, 6.45) is 7.82. The Morgan fingerprint density at radius 1 is 1.02 bits per heavy atom. The molecule has 0 bridgehead atoms. The van der Waals surface area contributed by atoms with Crippen LogP contribution in [0.3, 0.4) is 0 Å². The van der Waals surface area contributed by atoms with E-state index >= 15 is 0 Å². The van der Waals surface area contributed by atoms with Gasteiger partial charge in [-0.15, -0.1) is 0 Å². The maximum Gasteiger partial charge on any atom is 0.296 e. The number of methoxy groups -OCH3 is 1. The predicted molar refractivity (Wildman–Crippen MR) is 213 cm³/mol. The van der Waals surface area contributed by atoms with E-state index < -0.39 is 65.1 Å². The lowest BCUT2D eigenvalue weighted by Crippen LogP contribution is -2.61. The molecule has 4 amide bonds. The molecule has 1 saturated heterocycles. The number of hydrogen-bond acceptors (Lipinski definition) is 11. The Labute approximate surface area is 337 Å². The molecule has 3 heterocycles. The van der Waals surface area contributed by atoms with Gasteiger partial charge in [0.25, 0.3) is 11.9 Å². The Bertz CT molecular complexity index is 1920. The van der Waals surface area contributed by atoms with Crippen molar-refractivity contribution in [2.75, 3.05) is 19.0 Å². The van der Waals surface area contributed by atoms with E-state index in [0.717, 1.165) is 44.9 Å². The van der Waals surface area contributed by atoms with Crippen molar-refractivity contribution in [2.45, 2.75) is 128 Å². The summed E-state index contributed by atoms with van der Waals surface area (Å²) >= 11 is 6.04. The van der Waals surface area contributed by atoms with E-state index in [4.69, 9.17) is 25.5 Å². The number of anilines is 1. The van der Waals surface area contributed by atoms with Crippen molar-refractivity contribution in [1.82, 2.24) is 30.8 Å². The fourth-order valence-corrected chi connectivity index (χ4v) is 7.70. The number of nitrogens with one attached hydrogen (secondary N) is 4. The first kappa shape index (κ1) is 41.7. The summed E-state index contributed by atoms with van der Waals surface area (Å²) in [6.45, 7) is 7.39. The number of Topliss-reactive ketones (excluding diaryl/α,β-unsaturated/α-hetero) is 1. The normalized spacial score (nSPS) is 20.3. The van der Waals surface area contributed by atoms with E-state index in [2.05, 4.69) is 31.2 Å². The van der Waals surface area contributed by atoms with Gasteiger partial charge in [-0.2, -0.15) is 4.98 Å². The molecular formula is C41H54ClN7O8. The number of carbonyl (C=O) groups excluding carboxylic acids is 5. The molecule has 2 saturated carbocycles. The van der Waals surface area contributed by atoms with Gasteiger partial charge in [0, 0.05) is 30.8 Å². The van der Waals surface area contributed by atoms with Crippen molar-refractivity contribution < 1.29 is 37.9 Å². The number of ketones is 1. The van der Waals surface area contributed by atoms with Crippen LogP contribution in [-0.4, -0.2) is 94.2 Å². The van der Waals surface area contributed by atoms with Crippen LogP contribution in [0.5, 0.6) is 11.6 Å². The van der Waals surface area contributed by atoms with Gasteiger partial charge < -0.3 is 40.1 Å². The number of aromatic nitrogens is 2. The quantitative estimate of drug-likeness (QED) is 0.143. The van der Waals surface area contributed by atoms with Crippen LogP contribution in [0, 0.1) is 11.3 Å². The van der Waals surface area contributed by atoms with Gasteiger partial charge in [-0.1, -0.05) is 65.0 Å². The zero-order chi connectivity index (χ0) is 40.9. The van der Waals surface area contributed by atoms with E-state index in [9.17, 15) is 24.0 Å². The lowest BCUT2D eigenvalue weighted by Gasteiger charge is -2.37. The molecule has 0 unspecified atom stereocenters. The second kappa shape index (κ2) is 18.1. The Hall–Kier alpha value is -4.92. The predicted octanol–water partition coefficient (Wildman–Crippen LogP) is 4.96. The van der Waals surface area contributed by atoms with Crippen molar-refractivity contribution >= 4 is 58.1 Å². The molecule has 4 N–H and O–H groups in total. The average Bonchev–Trinajstić information content (AvgIpc) is 3.75. The lowest BCUT2D eigenvalue weighted by molar-refractivity contribution is -0.145. The first-order valence-corrected chi connectivity index (χ1v) is 20.4. The van der Waals surface area contributed by atoms with Crippen LogP contribution in [0.15, 0.2) is 40.9 Å². The first-order chi connectivity index (χ1) is 27.2. The number of likely N-dealkylation sites (tertiary alicyclic amines) is 1. The summed E-state index contributed by atoms with van der Waals surface area (Å²) in [7, 11) is 1.57. The maximum atomic E-state index is 14.9. The minimum atomic E-state index is -1.08. The number of pyridine rings is 1. The molecule has 2 aliphatic carbocycles.